The molecule has 1 aliphatic rings. The minimum absolute atomic E-state index is 0.0971. The van der Waals surface area contributed by atoms with Gasteiger partial charge in [0, 0.05) is 29.5 Å². The normalized spacial score (nSPS) is 16.7. The molecule has 1 aliphatic heterocycles. The SMILES string of the molecule is COc1ccc(NC(=O)C2CSc3nc(C(C)(C)C)cc(=O)n3C2)cc1. The molecule has 1 N–H and O–H groups in total. The van der Waals surface area contributed by atoms with Crippen LogP contribution in [-0.4, -0.2) is 28.3 Å². The summed E-state index contributed by atoms with van der Waals surface area (Å²) in [4.78, 5) is 29.7. The van der Waals surface area contributed by atoms with Crippen molar-refractivity contribution in [1.82, 2.24) is 9.55 Å². The third-order valence-corrected chi connectivity index (χ3v) is 5.43. The lowest BCUT2D eigenvalue weighted by Crippen LogP contribution is -2.37. The average Bonchev–Trinajstić information content (AvgIpc) is 2.61. The maximum atomic E-state index is 12.6. The second kappa shape index (κ2) is 7.15. The number of carbonyl (C=O) groups excluding carboxylic acids is 1. The van der Waals surface area contributed by atoms with Gasteiger partial charge in [0.1, 0.15) is 5.75 Å². The van der Waals surface area contributed by atoms with Crippen LogP contribution in [0, 0.1) is 5.92 Å². The number of amides is 1. The van der Waals surface area contributed by atoms with Gasteiger partial charge in [0.15, 0.2) is 5.16 Å². The highest BCUT2D eigenvalue weighted by atomic mass is 32.2. The second-order valence-electron chi connectivity index (χ2n) is 7.35. The zero-order valence-electron chi connectivity index (χ0n) is 15.4. The number of thioether (sulfide) groups is 1. The number of hydrogen-bond donors (Lipinski definition) is 1. The van der Waals surface area contributed by atoms with Gasteiger partial charge in [0.2, 0.25) is 5.91 Å². The molecule has 1 amide bonds. The monoisotopic (exact) mass is 373 g/mol. The summed E-state index contributed by atoms with van der Waals surface area (Å²) >= 11 is 1.46. The van der Waals surface area contributed by atoms with Crippen molar-refractivity contribution in [2.24, 2.45) is 5.92 Å². The number of nitrogens with one attached hydrogen (secondary N) is 1. The fourth-order valence-corrected chi connectivity index (χ4v) is 3.76. The lowest BCUT2D eigenvalue weighted by molar-refractivity contribution is -0.119. The third-order valence-electron chi connectivity index (χ3n) is 4.29. The summed E-state index contributed by atoms with van der Waals surface area (Å²) in [6.45, 7) is 6.44. The zero-order valence-corrected chi connectivity index (χ0v) is 16.2. The van der Waals surface area contributed by atoms with Crippen LogP contribution in [0.15, 0.2) is 40.3 Å². The van der Waals surface area contributed by atoms with Crippen molar-refractivity contribution in [1.29, 1.82) is 0 Å². The molecule has 1 aromatic heterocycles. The quantitative estimate of drug-likeness (QED) is 0.838. The van der Waals surface area contributed by atoms with Crippen molar-refractivity contribution >= 4 is 23.4 Å². The van der Waals surface area contributed by atoms with E-state index in [9.17, 15) is 9.59 Å². The van der Waals surface area contributed by atoms with E-state index in [0.29, 0.717) is 23.1 Å². The minimum Gasteiger partial charge on any atom is -0.497 e. The predicted molar refractivity (Wildman–Crippen MR) is 103 cm³/mol. The minimum atomic E-state index is -0.283. The van der Waals surface area contributed by atoms with Gasteiger partial charge in [-0.2, -0.15) is 0 Å². The second-order valence-corrected chi connectivity index (χ2v) is 8.34. The Morgan fingerprint density at radius 3 is 2.62 bits per heavy atom. The molecule has 0 radical (unpaired) electrons. The van der Waals surface area contributed by atoms with Gasteiger partial charge >= 0.3 is 0 Å². The fourth-order valence-electron chi connectivity index (χ4n) is 2.67. The molecule has 0 spiro atoms. The maximum Gasteiger partial charge on any atom is 0.254 e. The van der Waals surface area contributed by atoms with Crippen LogP contribution in [0.5, 0.6) is 5.75 Å². The van der Waals surface area contributed by atoms with Gasteiger partial charge in [0.05, 0.1) is 18.7 Å². The first-order chi connectivity index (χ1) is 12.3. The first kappa shape index (κ1) is 18.5. The van der Waals surface area contributed by atoms with E-state index in [4.69, 9.17) is 4.74 Å². The number of methoxy groups -OCH3 is 1. The number of benzene rings is 1. The topological polar surface area (TPSA) is 73.2 Å². The number of hydrogen-bond acceptors (Lipinski definition) is 5. The molecule has 2 heterocycles. The standard InChI is InChI=1S/C19H23N3O3S/c1-19(2,3)15-9-16(23)22-10-12(11-26-18(22)21-15)17(24)20-13-5-7-14(25-4)8-6-13/h5-9,12H,10-11H2,1-4H3,(H,20,24). The predicted octanol–water partition coefficient (Wildman–Crippen LogP) is 2.91. The Hall–Kier alpha value is -2.28. The molecular formula is C19H23N3O3S. The number of rotatable bonds is 3. The number of fused-ring (bicyclic) bond motifs is 1. The summed E-state index contributed by atoms with van der Waals surface area (Å²) < 4.78 is 6.71. The molecule has 26 heavy (non-hydrogen) atoms. The summed E-state index contributed by atoms with van der Waals surface area (Å²) in [6.07, 6.45) is 0. The molecule has 1 atom stereocenters. The molecule has 0 bridgehead atoms. The van der Waals surface area contributed by atoms with Crippen molar-refractivity contribution in [3.05, 3.63) is 46.4 Å². The molecule has 1 aromatic carbocycles. The van der Waals surface area contributed by atoms with Crippen LogP contribution in [0.1, 0.15) is 26.5 Å². The van der Waals surface area contributed by atoms with E-state index >= 15 is 0 Å². The van der Waals surface area contributed by atoms with Crippen LogP contribution in [-0.2, 0) is 16.8 Å². The van der Waals surface area contributed by atoms with Crippen LogP contribution in [0.2, 0.25) is 0 Å². The van der Waals surface area contributed by atoms with Gasteiger partial charge in [-0.1, -0.05) is 32.5 Å². The van der Waals surface area contributed by atoms with Crippen molar-refractivity contribution in [2.45, 2.75) is 37.9 Å². The molecule has 1 unspecified atom stereocenters. The van der Waals surface area contributed by atoms with Crippen molar-refractivity contribution in [3.8, 4) is 5.75 Å². The zero-order chi connectivity index (χ0) is 18.9. The van der Waals surface area contributed by atoms with Crippen molar-refractivity contribution < 1.29 is 9.53 Å². The number of aromatic nitrogens is 2. The summed E-state index contributed by atoms with van der Waals surface area (Å²) in [6, 6.07) is 8.76. The highest BCUT2D eigenvalue weighted by Crippen LogP contribution is 2.28. The lowest BCUT2D eigenvalue weighted by Gasteiger charge is -2.26. The Balaban J connectivity index is 1.75. The van der Waals surface area contributed by atoms with Crippen LogP contribution >= 0.6 is 11.8 Å². The Bertz CT molecular complexity index is 869. The number of nitrogens with zero attached hydrogens (tertiary/aromatic N) is 2. The number of ether oxygens (including phenoxy) is 1. The van der Waals surface area contributed by atoms with Crippen LogP contribution in [0.3, 0.4) is 0 Å². The first-order valence-electron chi connectivity index (χ1n) is 8.48. The van der Waals surface area contributed by atoms with E-state index in [1.165, 1.54) is 11.8 Å². The molecule has 2 aromatic rings. The van der Waals surface area contributed by atoms with Gasteiger partial charge in [0.25, 0.3) is 5.56 Å². The van der Waals surface area contributed by atoms with Crippen molar-refractivity contribution in [3.63, 3.8) is 0 Å². The van der Waals surface area contributed by atoms with E-state index in [-0.39, 0.29) is 22.8 Å². The molecule has 7 heteroatoms. The number of anilines is 1. The van der Waals surface area contributed by atoms with Gasteiger partial charge in [-0.05, 0) is 24.3 Å². The first-order valence-corrected chi connectivity index (χ1v) is 9.46. The van der Waals surface area contributed by atoms with Crippen LogP contribution < -0.4 is 15.6 Å². The molecule has 138 valence electrons. The van der Waals surface area contributed by atoms with E-state index < -0.39 is 0 Å². The van der Waals surface area contributed by atoms with Crippen LogP contribution in [0.4, 0.5) is 5.69 Å². The van der Waals surface area contributed by atoms with Gasteiger partial charge in [-0.25, -0.2) is 4.98 Å². The third kappa shape index (κ3) is 3.93. The molecule has 0 fully saturated rings. The van der Waals surface area contributed by atoms with E-state index in [1.807, 2.05) is 20.8 Å². The van der Waals surface area contributed by atoms with Gasteiger partial charge in [-0.3, -0.25) is 14.2 Å². The summed E-state index contributed by atoms with van der Waals surface area (Å²) in [5, 5.41) is 3.60. The molecule has 0 saturated heterocycles. The lowest BCUT2D eigenvalue weighted by atomic mass is 9.92. The smallest absolute Gasteiger partial charge is 0.254 e. The Labute approximate surface area is 157 Å². The summed E-state index contributed by atoms with van der Waals surface area (Å²) in [5.41, 5.74) is 1.20. The van der Waals surface area contributed by atoms with Crippen molar-refractivity contribution in [2.75, 3.05) is 18.2 Å². The van der Waals surface area contributed by atoms with E-state index in [2.05, 4.69) is 10.3 Å². The van der Waals surface area contributed by atoms with Gasteiger partial charge < -0.3 is 10.1 Å². The largest absolute Gasteiger partial charge is 0.497 e. The average molecular weight is 373 g/mol. The summed E-state index contributed by atoms with van der Waals surface area (Å²) in [5.74, 6) is 0.953. The van der Waals surface area contributed by atoms with E-state index in [1.54, 1.807) is 42.0 Å². The highest BCUT2D eigenvalue weighted by Gasteiger charge is 2.28. The molecular weight excluding hydrogens is 350 g/mol. The van der Waals surface area contributed by atoms with Crippen LogP contribution in [0.25, 0.3) is 0 Å². The molecule has 3 rings (SSSR count). The fraction of sp³-hybridized carbons (Fsp3) is 0.421. The summed E-state index contributed by atoms with van der Waals surface area (Å²) in [7, 11) is 1.60. The highest BCUT2D eigenvalue weighted by molar-refractivity contribution is 7.99. The molecule has 6 nitrogen and oxygen atoms in total. The number of carbonyl (C=O) groups is 1. The Kier molecular flexibility index (Phi) is 5.09. The van der Waals surface area contributed by atoms with E-state index in [0.717, 1.165) is 11.4 Å². The Morgan fingerprint density at radius 2 is 2.00 bits per heavy atom. The Morgan fingerprint density at radius 1 is 1.31 bits per heavy atom. The van der Waals surface area contributed by atoms with Gasteiger partial charge in [-0.15, -0.1) is 0 Å². The molecule has 0 saturated carbocycles. The molecule has 0 aliphatic carbocycles. The maximum absolute atomic E-state index is 12.6.